The van der Waals surface area contributed by atoms with Crippen LogP contribution in [0.3, 0.4) is 0 Å². The first kappa shape index (κ1) is 20.6. The van der Waals surface area contributed by atoms with E-state index < -0.39 is 5.54 Å². The zero-order valence-corrected chi connectivity index (χ0v) is 18.1. The van der Waals surface area contributed by atoms with Crippen LogP contribution in [-0.4, -0.2) is 34.4 Å². The van der Waals surface area contributed by atoms with Crippen molar-refractivity contribution in [1.82, 2.24) is 15.1 Å². The molecule has 30 heavy (non-hydrogen) atoms. The Bertz CT molecular complexity index is 906. The Balaban J connectivity index is 1.52. The zero-order valence-electron chi connectivity index (χ0n) is 18.1. The summed E-state index contributed by atoms with van der Waals surface area (Å²) in [5.41, 5.74) is 2.41. The van der Waals surface area contributed by atoms with E-state index in [1.807, 2.05) is 37.3 Å². The average Bonchev–Trinajstić information content (AvgIpc) is 3.57. The molecule has 1 atom stereocenters. The lowest BCUT2D eigenvalue weighted by Crippen LogP contribution is -2.45. The molecule has 5 nitrogen and oxygen atoms in total. The molecule has 3 amide bonds. The number of rotatable bonds is 8. The van der Waals surface area contributed by atoms with Gasteiger partial charge in [-0.3, -0.25) is 9.69 Å². The minimum Gasteiger partial charge on any atom is -0.319 e. The second-order valence-electron chi connectivity index (χ2n) is 8.80. The lowest BCUT2D eigenvalue weighted by atomic mass is 9.87. The Hall–Kier alpha value is -2.66. The van der Waals surface area contributed by atoms with Gasteiger partial charge in [-0.2, -0.15) is 0 Å². The first-order valence-electron chi connectivity index (χ1n) is 11.0. The summed E-state index contributed by atoms with van der Waals surface area (Å²) in [6.07, 6.45) is 2.76. The van der Waals surface area contributed by atoms with Gasteiger partial charge in [-0.1, -0.05) is 75.4 Å². The van der Waals surface area contributed by atoms with Crippen molar-refractivity contribution in [2.45, 2.75) is 64.1 Å². The van der Waals surface area contributed by atoms with Crippen LogP contribution in [0.5, 0.6) is 0 Å². The summed E-state index contributed by atoms with van der Waals surface area (Å²) in [4.78, 5) is 29.9. The van der Waals surface area contributed by atoms with Gasteiger partial charge in [-0.15, -0.1) is 0 Å². The van der Waals surface area contributed by atoms with Crippen LogP contribution < -0.4 is 5.32 Å². The SMILES string of the molecule is CC[C@@]1(c2ccccc2)NC(=O)N(CN(Cc2ccc(C(C)C)cc2)C2CC2)C1=O. The monoisotopic (exact) mass is 405 g/mol. The molecule has 4 rings (SSSR count). The maximum atomic E-state index is 13.4. The predicted molar refractivity (Wildman–Crippen MR) is 118 cm³/mol. The Morgan fingerprint density at radius 2 is 1.73 bits per heavy atom. The number of amides is 3. The number of benzene rings is 2. The summed E-state index contributed by atoms with van der Waals surface area (Å²) >= 11 is 0. The largest absolute Gasteiger partial charge is 0.326 e. The van der Waals surface area contributed by atoms with Crippen molar-refractivity contribution in [2.75, 3.05) is 6.67 Å². The van der Waals surface area contributed by atoms with Gasteiger partial charge in [0.1, 0.15) is 5.54 Å². The fourth-order valence-electron chi connectivity index (χ4n) is 4.27. The number of nitrogens with zero attached hydrogens (tertiary/aromatic N) is 2. The molecule has 0 spiro atoms. The van der Waals surface area contributed by atoms with Crippen molar-refractivity contribution in [3.8, 4) is 0 Å². The molecule has 1 aliphatic heterocycles. The number of carbonyl (C=O) groups excluding carboxylic acids is 2. The van der Waals surface area contributed by atoms with Crippen LogP contribution in [0.1, 0.15) is 62.6 Å². The van der Waals surface area contributed by atoms with E-state index in [2.05, 4.69) is 48.3 Å². The fourth-order valence-corrected chi connectivity index (χ4v) is 4.27. The highest BCUT2D eigenvalue weighted by Gasteiger charge is 2.52. The van der Waals surface area contributed by atoms with E-state index in [0.717, 1.165) is 24.9 Å². The van der Waals surface area contributed by atoms with Crippen LogP contribution in [-0.2, 0) is 16.9 Å². The zero-order chi connectivity index (χ0) is 21.3. The number of hydrogen-bond acceptors (Lipinski definition) is 3. The first-order chi connectivity index (χ1) is 14.4. The molecule has 1 heterocycles. The summed E-state index contributed by atoms with van der Waals surface area (Å²) in [7, 11) is 0. The number of carbonyl (C=O) groups is 2. The molecule has 2 fully saturated rings. The van der Waals surface area contributed by atoms with Crippen LogP contribution >= 0.6 is 0 Å². The number of urea groups is 1. The summed E-state index contributed by atoms with van der Waals surface area (Å²) in [6, 6.07) is 18.4. The maximum Gasteiger partial charge on any atom is 0.326 e. The third-order valence-corrected chi connectivity index (χ3v) is 6.39. The average molecular weight is 406 g/mol. The second-order valence-corrected chi connectivity index (χ2v) is 8.80. The highest BCUT2D eigenvalue weighted by Crippen LogP contribution is 2.34. The molecule has 2 aromatic carbocycles. The molecule has 5 heteroatoms. The Kier molecular flexibility index (Phi) is 5.65. The third kappa shape index (κ3) is 3.86. The Labute approximate surface area is 179 Å². The molecule has 0 bridgehead atoms. The Morgan fingerprint density at radius 3 is 2.30 bits per heavy atom. The topological polar surface area (TPSA) is 52.7 Å². The summed E-state index contributed by atoms with van der Waals surface area (Å²) in [5.74, 6) is 0.353. The minimum absolute atomic E-state index is 0.151. The lowest BCUT2D eigenvalue weighted by Gasteiger charge is -2.28. The molecule has 0 aromatic heterocycles. The molecule has 1 aliphatic carbocycles. The molecular formula is C25H31N3O2. The highest BCUT2D eigenvalue weighted by atomic mass is 16.2. The van der Waals surface area contributed by atoms with Gasteiger partial charge in [-0.05, 0) is 41.9 Å². The normalized spacial score (nSPS) is 21.6. The summed E-state index contributed by atoms with van der Waals surface area (Å²) < 4.78 is 0. The van der Waals surface area contributed by atoms with Crippen LogP contribution in [0.15, 0.2) is 54.6 Å². The molecule has 0 unspecified atom stereocenters. The van der Waals surface area contributed by atoms with E-state index in [-0.39, 0.29) is 11.9 Å². The van der Waals surface area contributed by atoms with Crippen molar-refractivity contribution >= 4 is 11.9 Å². The van der Waals surface area contributed by atoms with Gasteiger partial charge in [0.2, 0.25) is 0 Å². The van der Waals surface area contributed by atoms with Crippen LogP contribution in [0.4, 0.5) is 4.79 Å². The quantitative estimate of drug-likeness (QED) is 0.654. The van der Waals surface area contributed by atoms with Gasteiger partial charge in [0, 0.05) is 12.6 Å². The van der Waals surface area contributed by atoms with E-state index in [1.54, 1.807) is 0 Å². The molecular weight excluding hydrogens is 374 g/mol. The molecule has 1 N–H and O–H groups in total. The van der Waals surface area contributed by atoms with Crippen molar-refractivity contribution in [2.24, 2.45) is 0 Å². The van der Waals surface area contributed by atoms with Crippen molar-refractivity contribution in [3.05, 3.63) is 71.3 Å². The van der Waals surface area contributed by atoms with Gasteiger partial charge in [0.05, 0.1) is 6.67 Å². The maximum absolute atomic E-state index is 13.4. The smallest absolute Gasteiger partial charge is 0.319 e. The highest BCUT2D eigenvalue weighted by molar-refractivity contribution is 6.07. The molecule has 2 aromatic rings. The van der Waals surface area contributed by atoms with Crippen LogP contribution in [0.25, 0.3) is 0 Å². The van der Waals surface area contributed by atoms with Crippen LogP contribution in [0.2, 0.25) is 0 Å². The predicted octanol–water partition coefficient (Wildman–Crippen LogP) is 4.59. The van der Waals surface area contributed by atoms with Crippen molar-refractivity contribution in [1.29, 1.82) is 0 Å². The first-order valence-corrected chi connectivity index (χ1v) is 11.0. The van der Waals surface area contributed by atoms with E-state index in [0.29, 0.717) is 25.0 Å². The Morgan fingerprint density at radius 1 is 1.07 bits per heavy atom. The van der Waals surface area contributed by atoms with Crippen molar-refractivity contribution in [3.63, 3.8) is 0 Å². The molecule has 158 valence electrons. The second kappa shape index (κ2) is 8.23. The van der Waals surface area contributed by atoms with Gasteiger partial charge in [0.15, 0.2) is 0 Å². The number of hydrogen-bond donors (Lipinski definition) is 1. The number of imide groups is 1. The van der Waals surface area contributed by atoms with E-state index >= 15 is 0 Å². The van der Waals surface area contributed by atoms with Crippen LogP contribution in [0, 0.1) is 0 Å². The third-order valence-electron chi connectivity index (χ3n) is 6.39. The van der Waals surface area contributed by atoms with E-state index in [1.165, 1.54) is 16.0 Å². The fraction of sp³-hybridized carbons (Fsp3) is 0.440. The van der Waals surface area contributed by atoms with Gasteiger partial charge in [-0.25, -0.2) is 9.69 Å². The minimum atomic E-state index is -0.966. The number of nitrogens with one attached hydrogen (secondary N) is 1. The van der Waals surface area contributed by atoms with Gasteiger partial charge >= 0.3 is 6.03 Å². The van der Waals surface area contributed by atoms with E-state index in [9.17, 15) is 9.59 Å². The van der Waals surface area contributed by atoms with Crippen molar-refractivity contribution < 1.29 is 9.59 Å². The molecule has 1 saturated heterocycles. The molecule has 0 radical (unpaired) electrons. The van der Waals surface area contributed by atoms with E-state index in [4.69, 9.17) is 0 Å². The lowest BCUT2D eigenvalue weighted by molar-refractivity contribution is -0.133. The summed E-state index contributed by atoms with van der Waals surface area (Å²) in [6.45, 7) is 7.40. The standard InChI is InChI=1S/C25H31N3O2/c1-4-25(21-8-6-5-7-9-21)23(29)28(24(30)26-25)17-27(22-14-15-22)16-19-10-12-20(13-11-19)18(2)3/h5-13,18,22H,4,14-17H2,1-3H3,(H,26,30)/t25-/m0/s1. The molecule has 1 saturated carbocycles. The summed E-state index contributed by atoms with van der Waals surface area (Å²) in [5, 5.41) is 2.99. The van der Waals surface area contributed by atoms with Gasteiger partial charge < -0.3 is 5.32 Å². The van der Waals surface area contributed by atoms with Gasteiger partial charge in [0.25, 0.3) is 5.91 Å². The molecule has 2 aliphatic rings.